The molecular weight excluding hydrogens is 238 g/mol. The predicted molar refractivity (Wildman–Crippen MR) is 76.2 cm³/mol. The second kappa shape index (κ2) is 6.71. The zero-order valence-corrected chi connectivity index (χ0v) is 11.6. The van der Waals surface area contributed by atoms with E-state index in [4.69, 9.17) is 0 Å². The number of nitrogens with one attached hydrogen (secondary N) is 1. The third kappa shape index (κ3) is 3.80. The van der Waals surface area contributed by atoms with Gasteiger partial charge in [0.15, 0.2) is 0 Å². The predicted octanol–water partition coefficient (Wildman–Crippen LogP) is 2.67. The van der Waals surface area contributed by atoms with Gasteiger partial charge in [-0.05, 0) is 37.0 Å². The number of aliphatic hydroxyl groups is 1. The third-order valence-corrected chi connectivity index (χ3v) is 3.80. The summed E-state index contributed by atoms with van der Waals surface area (Å²) in [6.07, 6.45) is 5.57. The summed E-state index contributed by atoms with van der Waals surface area (Å²) in [7, 11) is 0. The molecular formula is C16H23NO2. The quantitative estimate of drug-likeness (QED) is 0.875. The number of benzene rings is 1. The first kappa shape index (κ1) is 14.1. The Morgan fingerprint density at radius 1 is 1.26 bits per heavy atom. The molecule has 0 saturated heterocycles. The molecule has 1 aliphatic rings. The Bertz CT molecular complexity index is 413. The van der Waals surface area contributed by atoms with E-state index in [0.29, 0.717) is 5.56 Å². The first-order valence-electron chi connectivity index (χ1n) is 7.28. The van der Waals surface area contributed by atoms with Crippen LogP contribution in [0.2, 0.25) is 0 Å². The lowest BCUT2D eigenvalue weighted by molar-refractivity contribution is 0.0717. The summed E-state index contributed by atoms with van der Waals surface area (Å²) in [5.74, 6) is -0.0750. The van der Waals surface area contributed by atoms with Crippen LogP contribution in [0.4, 0.5) is 0 Å². The number of amides is 1. The molecule has 2 N–H and O–H groups in total. The standard InChI is InChI=1S/C16H23NO2/c1-2-5-12-8-10-13(11-9-12)16(19)17-14-6-3-4-7-15(14)18/h8-11,14-15,18H,2-7H2,1H3,(H,17,19). The van der Waals surface area contributed by atoms with E-state index in [0.717, 1.165) is 38.5 Å². The molecule has 3 nitrogen and oxygen atoms in total. The molecule has 0 heterocycles. The van der Waals surface area contributed by atoms with Crippen molar-refractivity contribution in [2.45, 2.75) is 57.6 Å². The highest BCUT2D eigenvalue weighted by molar-refractivity contribution is 5.94. The maximum absolute atomic E-state index is 12.1. The minimum Gasteiger partial charge on any atom is -0.391 e. The molecule has 1 aromatic rings. The number of aliphatic hydroxyl groups excluding tert-OH is 1. The molecule has 1 saturated carbocycles. The lowest BCUT2D eigenvalue weighted by Crippen LogP contribution is -2.45. The van der Waals surface area contributed by atoms with Crippen molar-refractivity contribution in [3.63, 3.8) is 0 Å². The van der Waals surface area contributed by atoms with Crippen LogP contribution in [0.15, 0.2) is 24.3 Å². The van der Waals surface area contributed by atoms with Gasteiger partial charge in [0.05, 0.1) is 12.1 Å². The van der Waals surface area contributed by atoms with Gasteiger partial charge in [0, 0.05) is 5.56 Å². The van der Waals surface area contributed by atoms with Gasteiger partial charge in [-0.1, -0.05) is 38.3 Å². The first-order valence-corrected chi connectivity index (χ1v) is 7.28. The Balaban J connectivity index is 1.95. The van der Waals surface area contributed by atoms with Gasteiger partial charge >= 0.3 is 0 Å². The van der Waals surface area contributed by atoms with E-state index >= 15 is 0 Å². The summed E-state index contributed by atoms with van der Waals surface area (Å²) in [5, 5.41) is 12.8. The SMILES string of the molecule is CCCc1ccc(C(=O)NC2CCCCC2O)cc1. The number of rotatable bonds is 4. The molecule has 2 atom stereocenters. The Hall–Kier alpha value is -1.35. The van der Waals surface area contributed by atoms with Gasteiger partial charge in [-0.2, -0.15) is 0 Å². The van der Waals surface area contributed by atoms with Gasteiger partial charge in [-0.25, -0.2) is 0 Å². The Morgan fingerprint density at radius 3 is 2.58 bits per heavy atom. The Labute approximate surface area is 115 Å². The van der Waals surface area contributed by atoms with Crippen LogP contribution in [-0.4, -0.2) is 23.2 Å². The van der Waals surface area contributed by atoms with Crippen LogP contribution in [0.3, 0.4) is 0 Å². The fourth-order valence-electron chi connectivity index (χ4n) is 2.64. The summed E-state index contributed by atoms with van der Waals surface area (Å²) in [4.78, 5) is 12.1. The summed E-state index contributed by atoms with van der Waals surface area (Å²) in [6, 6.07) is 7.67. The number of carbonyl (C=O) groups is 1. The number of aryl methyl sites for hydroxylation is 1. The fraction of sp³-hybridized carbons (Fsp3) is 0.562. The van der Waals surface area contributed by atoms with Gasteiger partial charge in [0.25, 0.3) is 5.91 Å². The molecule has 0 radical (unpaired) electrons. The van der Waals surface area contributed by atoms with Gasteiger partial charge < -0.3 is 10.4 Å². The van der Waals surface area contributed by atoms with Gasteiger partial charge in [-0.15, -0.1) is 0 Å². The Kier molecular flexibility index (Phi) is 4.97. The highest BCUT2D eigenvalue weighted by atomic mass is 16.3. The number of carbonyl (C=O) groups excluding carboxylic acids is 1. The highest BCUT2D eigenvalue weighted by Gasteiger charge is 2.24. The fourth-order valence-corrected chi connectivity index (χ4v) is 2.64. The average molecular weight is 261 g/mol. The van der Waals surface area contributed by atoms with Crippen LogP contribution in [-0.2, 0) is 6.42 Å². The van der Waals surface area contributed by atoms with Crippen molar-refractivity contribution in [2.24, 2.45) is 0 Å². The van der Waals surface area contributed by atoms with Crippen LogP contribution in [0.25, 0.3) is 0 Å². The average Bonchev–Trinajstić information content (AvgIpc) is 2.42. The molecule has 1 aliphatic carbocycles. The molecule has 1 aromatic carbocycles. The highest BCUT2D eigenvalue weighted by Crippen LogP contribution is 2.18. The molecule has 1 amide bonds. The smallest absolute Gasteiger partial charge is 0.251 e. The first-order chi connectivity index (χ1) is 9.20. The topological polar surface area (TPSA) is 49.3 Å². The molecule has 2 unspecified atom stereocenters. The van der Waals surface area contributed by atoms with Crippen molar-refractivity contribution in [1.29, 1.82) is 0 Å². The maximum Gasteiger partial charge on any atom is 0.251 e. The normalized spacial score (nSPS) is 23.1. The minimum absolute atomic E-state index is 0.0750. The van der Waals surface area contributed by atoms with Crippen molar-refractivity contribution in [2.75, 3.05) is 0 Å². The molecule has 104 valence electrons. The van der Waals surface area contributed by atoms with E-state index in [1.165, 1.54) is 5.56 Å². The van der Waals surface area contributed by atoms with Crippen molar-refractivity contribution in [1.82, 2.24) is 5.32 Å². The van der Waals surface area contributed by atoms with Gasteiger partial charge in [-0.3, -0.25) is 4.79 Å². The van der Waals surface area contributed by atoms with E-state index < -0.39 is 6.10 Å². The van der Waals surface area contributed by atoms with Crippen molar-refractivity contribution in [3.05, 3.63) is 35.4 Å². The molecule has 19 heavy (non-hydrogen) atoms. The number of hydrogen-bond donors (Lipinski definition) is 2. The minimum atomic E-state index is -0.392. The summed E-state index contributed by atoms with van der Waals surface area (Å²) in [6.45, 7) is 2.14. The maximum atomic E-state index is 12.1. The zero-order chi connectivity index (χ0) is 13.7. The van der Waals surface area contributed by atoms with E-state index in [9.17, 15) is 9.90 Å². The van der Waals surface area contributed by atoms with Crippen molar-refractivity contribution < 1.29 is 9.90 Å². The van der Waals surface area contributed by atoms with Crippen LogP contribution in [0, 0.1) is 0 Å². The molecule has 0 aromatic heterocycles. The molecule has 0 spiro atoms. The molecule has 0 aliphatic heterocycles. The molecule has 0 bridgehead atoms. The zero-order valence-electron chi connectivity index (χ0n) is 11.6. The summed E-state index contributed by atoms with van der Waals surface area (Å²) < 4.78 is 0. The van der Waals surface area contributed by atoms with Crippen LogP contribution in [0.1, 0.15) is 54.9 Å². The largest absolute Gasteiger partial charge is 0.391 e. The van der Waals surface area contributed by atoms with Crippen LogP contribution < -0.4 is 5.32 Å². The second-order valence-electron chi connectivity index (χ2n) is 5.38. The van der Waals surface area contributed by atoms with E-state index in [-0.39, 0.29) is 11.9 Å². The Morgan fingerprint density at radius 2 is 1.95 bits per heavy atom. The summed E-state index contributed by atoms with van der Waals surface area (Å²) >= 11 is 0. The number of hydrogen-bond acceptors (Lipinski definition) is 2. The van der Waals surface area contributed by atoms with Gasteiger partial charge in [0.1, 0.15) is 0 Å². The van der Waals surface area contributed by atoms with Crippen molar-refractivity contribution >= 4 is 5.91 Å². The lowest BCUT2D eigenvalue weighted by atomic mass is 9.92. The van der Waals surface area contributed by atoms with Crippen LogP contribution in [0.5, 0.6) is 0 Å². The monoisotopic (exact) mass is 261 g/mol. The van der Waals surface area contributed by atoms with Crippen molar-refractivity contribution in [3.8, 4) is 0 Å². The molecule has 1 fully saturated rings. The lowest BCUT2D eigenvalue weighted by Gasteiger charge is -2.28. The second-order valence-corrected chi connectivity index (χ2v) is 5.38. The van der Waals surface area contributed by atoms with E-state index in [2.05, 4.69) is 12.2 Å². The summed E-state index contributed by atoms with van der Waals surface area (Å²) in [5.41, 5.74) is 1.94. The molecule has 2 rings (SSSR count). The molecule has 3 heteroatoms. The third-order valence-electron chi connectivity index (χ3n) is 3.80. The van der Waals surface area contributed by atoms with Crippen LogP contribution >= 0.6 is 0 Å². The van der Waals surface area contributed by atoms with E-state index in [1.807, 2.05) is 24.3 Å². The van der Waals surface area contributed by atoms with Gasteiger partial charge in [0.2, 0.25) is 0 Å². The van der Waals surface area contributed by atoms with E-state index in [1.54, 1.807) is 0 Å².